The lowest BCUT2D eigenvalue weighted by molar-refractivity contribution is 0.839. The summed E-state index contributed by atoms with van der Waals surface area (Å²) in [4.78, 5) is 0. The molecular weight excluding hydrogens is 154 g/mol. The van der Waals surface area contributed by atoms with Crippen LogP contribution in [0.25, 0.3) is 5.65 Å². The van der Waals surface area contributed by atoms with E-state index in [1.54, 1.807) is 23.7 Å². The molecule has 2 rings (SSSR count). The van der Waals surface area contributed by atoms with Gasteiger partial charge >= 0.3 is 0 Å². The highest BCUT2D eigenvalue weighted by molar-refractivity contribution is 5.38. The second-order valence-corrected chi connectivity index (χ2v) is 2.35. The predicted octanol–water partition coefficient (Wildman–Crippen LogP) is 0.304. The Bertz CT molecular complexity index is 464. The van der Waals surface area contributed by atoms with Gasteiger partial charge in [0.25, 0.3) is 0 Å². The topological polar surface area (TPSA) is 66.9 Å². The molecule has 0 radical (unpaired) electrons. The maximum atomic E-state index is 8.62. The first-order chi connectivity index (χ1) is 5.83. The van der Waals surface area contributed by atoms with E-state index in [1.807, 2.05) is 6.07 Å². The summed E-state index contributed by atoms with van der Waals surface area (Å²) in [5.74, 6) is 0. The third-order valence-electron chi connectivity index (χ3n) is 1.64. The number of aromatic nitrogens is 4. The van der Waals surface area contributed by atoms with Crippen LogP contribution in [0.4, 0.5) is 0 Å². The van der Waals surface area contributed by atoms with Crippen molar-refractivity contribution < 1.29 is 0 Å². The zero-order valence-electron chi connectivity index (χ0n) is 6.39. The molecule has 0 aliphatic rings. The van der Waals surface area contributed by atoms with Crippen LogP contribution in [0.1, 0.15) is 11.4 Å². The predicted molar refractivity (Wildman–Crippen MR) is 40.2 cm³/mol. The minimum Gasteiger partial charge on any atom is -0.215 e. The molecule has 0 atom stereocenters. The summed E-state index contributed by atoms with van der Waals surface area (Å²) >= 11 is 0. The summed E-state index contributed by atoms with van der Waals surface area (Å²) in [6.07, 6.45) is 1.62. The van der Waals surface area contributed by atoms with Crippen LogP contribution in [0.15, 0.2) is 12.3 Å². The fourth-order valence-corrected chi connectivity index (χ4v) is 1.01. The molecule has 0 aliphatic carbocycles. The summed E-state index contributed by atoms with van der Waals surface area (Å²) in [6, 6.07) is 3.68. The van der Waals surface area contributed by atoms with Crippen molar-refractivity contribution in [3.8, 4) is 6.07 Å². The lowest BCUT2D eigenvalue weighted by Crippen LogP contribution is -2.02. The molecule has 12 heavy (non-hydrogen) atoms. The average Bonchev–Trinajstić information content (AvgIpc) is 2.53. The van der Waals surface area contributed by atoms with E-state index in [-0.39, 0.29) is 0 Å². The largest absolute Gasteiger partial charge is 0.215 e. The molecule has 0 N–H and O–H groups in total. The van der Waals surface area contributed by atoms with Crippen LogP contribution in [0.2, 0.25) is 0 Å². The Balaban J connectivity index is 2.89. The second kappa shape index (κ2) is 2.27. The van der Waals surface area contributed by atoms with Crippen LogP contribution in [0.5, 0.6) is 0 Å². The molecule has 0 aliphatic heterocycles. The van der Waals surface area contributed by atoms with Crippen LogP contribution in [0, 0.1) is 18.3 Å². The first kappa shape index (κ1) is 6.73. The summed E-state index contributed by atoms with van der Waals surface area (Å²) < 4.78 is 1.59. The molecule has 0 amide bonds. The van der Waals surface area contributed by atoms with Crippen LogP contribution >= 0.6 is 0 Å². The SMILES string of the molecule is Cc1c(C#N)nnc2ccnn12. The lowest BCUT2D eigenvalue weighted by Gasteiger charge is -1.97. The second-order valence-electron chi connectivity index (χ2n) is 2.35. The zero-order chi connectivity index (χ0) is 8.55. The number of hydrogen-bond acceptors (Lipinski definition) is 4. The van der Waals surface area contributed by atoms with E-state index in [2.05, 4.69) is 15.3 Å². The molecule has 2 aromatic rings. The fourth-order valence-electron chi connectivity index (χ4n) is 1.01. The van der Waals surface area contributed by atoms with Gasteiger partial charge in [0.1, 0.15) is 6.07 Å². The smallest absolute Gasteiger partial charge is 0.184 e. The molecule has 2 aromatic heterocycles. The summed E-state index contributed by atoms with van der Waals surface area (Å²) in [5, 5.41) is 20.1. The Morgan fingerprint density at radius 3 is 3.08 bits per heavy atom. The van der Waals surface area contributed by atoms with Gasteiger partial charge in [-0.25, -0.2) is 4.52 Å². The third-order valence-corrected chi connectivity index (χ3v) is 1.64. The van der Waals surface area contributed by atoms with Crippen molar-refractivity contribution in [3.05, 3.63) is 23.7 Å². The highest BCUT2D eigenvalue weighted by Gasteiger charge is 2.04. The highest BCUT2D eigenvalue weighted by Crippen LogP contribution is 2.03. The molecule has 0 unspecified atom stereocenters. The molecule has 5 heteroatoms. The first-order valence-electron chi connectivity index (χ1n) is 3.40. The van der Waals surface area contributed by atoms with Crippen molar-refractivity contribution in [2.24, 2.45) is 0 Å². The highest BCUT2D eigenvalue weighted by atomic mass is 15.3. The van der Waals surface area contributed by atoms with Gasteiger partial charge in [-0.15, -0.1) is 10.2 Å². The minimum atomic E-state index is 0.311. The third kappa shape index (κ3) is 0.751. The molecular formula is C7H5N5. The van der Waals surface area contributed by atoms with Crippen molar-refractivity contribution in [1.29, 1.82) is 5.26 Å². The Morgan fingerprint density at radius 1 is 1.50 bits per heavy atom. The van der Waals surface area contributed by atoms with Crippen LogP contribution in [-0.2, 0) is 0 Å². The molecule has 0 saturated heterocycles. The van der Waals surface area contributed by atoms with E-state index in [1.165, 1.54) is 0 Å². The fraction of sp³-hybridized carbons (Fsp3) is 0.143. The molecule has 5 nitrogen and oxygen atoms in total. The molecule has 0 aromatic carbocycles. The Labute approximate surface area is 68.3 Å². The summed E-state index contributed by atoms with van der Waals surface area (Å²) in [7, 11) is 0. The van der Waals surface area contributed by atoms with Crippen molar-refractivity contribution in [1.82, 2.24) is 19.8 Å². The van der Waals surface area contributed by atoms with Crippen molar-refractivity contribution >= 4 is 5.65 Å². The minimum absolute atomic E-state index is 0.311. The lowest BCUT2D eigenvalue weighted by atomic mass is 10.4. The maximum Gasteiger partial charge on any atom is 0.184 e. The number of fused-ring (bicyclic) bond motifs is 1. The normalized spacial score (nSPS) is 10.0. The number of nitriles is 1. The summed E-state index contributed by atoms with van der Waals surface area (Å²) in [6.45, 7) is 1.78. The Hall–Kier alpha value is -1.96. The van der Waals surface area contributed by atoms with E-state index >= 15 is 0 Å². The zero-order valence-corrected chi connectivity index (χ0v) is 6.39. The number of hydrogen-bond donors (Lipinski definition) is 0. The van der Waals surface area contributed by atoms with Gasteiger partial charge in [-0.1, -0.05) is 0 Å². The van der Waals surface area contributed by atoms with E-state index in [0.717, 1.165) is 0 Å². The molecule has 58 valence electrons. The average molecular weight is 159 g/mol. The standard InChI is InChI=1S/C7H5N5/c1-5-6(4-8)10-11-7-2-3-9-12(5)7/h2-3H,1H3. The maximum absolute atomic E-state index is 8.62. The van der Waals surface area contributed by atoms with Gasteiger partial charge in [0.05, 0.1) is 11.9 Å². The van der Waals surface area contributed by atoms with Crippen molar-refractivity contribution in [2.45, 2.75) is 6.92 Å². The van der Waals surface area contributed by atoms with Gasteiger partial charge in [-0.3, -0.25) is 0 Å². The number of rotatable bonds is 0. The summed E-state index contributed by atoms with van der Waals surface area (Å²) in [5.41, 5.74) is 1.69. The van der Waals surface area contributed by atoms with Crippen LogP contribution < -0.4 is 0 Å². The molecule has 0 bridgehead atoms. The Kier molecular flexibility index (Phi) is 1.27. The van der Waals surface area contributed by atoms with Crippen LogP contribution in [-0.4, -0.2) is 19.8 Å². The van der Waals surface area contributed by atoms with E-state index < -0.39 is 0 Å². The van der Waals surface area contributed by atoms with Crippen LogP contribution in [0.3, 0.4) is 0 Å². The van der Waals surface area contributed by atoms with Gasteiger partial charge < -0.3 is 0 Å². The molecule has 0 fully saturated rings. The van der Waals surface area contributed by atoms with Gasteiger partial charge in [0.15, 0.2) is 11.3 Å². The molecule has 2 heterocycles. The van der Waals surface area contributed by atoms with Crippen molar-refractivity contribution in [2.75, 3.05) is 0 Å². The molecule has 0 saturated carbocycles. The Morgan fingerprint density at radius 2 is 2.33 bits per heavy atom. The van der Waals surface area contributed by atoms with Gasteiger partial charge in [-0.05, 0) is 6.92 Å². The van der Waals surface area contributed by atoms with Gasteiger partial charge in [0.2, 0.25) is 0 Å². The monoisotopic (exact) mass is 159 g/mol. The molecule has 0 spiro atoms. The van der Waals surface area contributed by atoms with Gasteiger partial charge in [-0.2, -0.15) is 10.4 Å². The number of aryl methyl sites for hydroxylation is 1. The van der Waals surface area contributed by atoms with Crippen molar-refractivity contribution in [3.63, 3.8) is 0 Å². The van der Waals surface area contributed by atoms with E-state index in [0.29, 0.717) is 17.0 Å². The van der Waals surface area contributed by atoms with E-state index in [9.17, 15) is 0 Å². The van der Waals surface area contributed by atoms with E-state index in [4.69, 9.17) is 5.26 Å². The van der Waals surface area contributed by atoms with Gasteiger partial charge in [0, 0.05) is 6.07 Å². The quantitative estimate of drug-likeness (QED) is 0.554. The number of nitrogens with zero attached hydrogens (tertiary/aromatic N) is 5. The first-order valence-corrected chi connectivity index (χ1v) is 3.40.